The van der Waals surface area contributed by atoms with Crippen LogP contribution in [0.25, 0.3) is 0 Å². The van der Waals surface area contributed by atoms with E-state index >= 15 is 0 Å². The number of hydrogen-bond acceptors (Lipinski definition) is 3. The fourth-order valence-corrected chi connectivity index (χ4v) is 3.40. The number of benzene rings is 1. The van der Waals surface area contributed by atoms with Crippen LogP contribution in [0.2, 0.25) is 0 Å². The van der Waals surface area contributed by atoms with Gasteiger partial charge in [-0.3, -0.25) is 9.80 Å². The van der Waals surface area contributed by atoms with E-state index in [4.69, 9.17) is 4.74 Å². The molecule has 3 rings (SSSR count). The van der Waals surface area contributed by atoms with Gasteiger partial charge in [0.2, 0.25) is 0 Å². The molecule has 2 heterocycles. The molecule has 2 amide bonds. The Labute approximate surface area is 138 Å². The van der Waals surface area contributed by atoms with E-state index < -0.39 is 0 Å². The van der Waals surface area contributed by atoms with E-state index in [0.29, 0.717) is 0 Å². The Morgan fingerprint density at radius 3 is 2.52 bits per heavy atom. The maximum Gasteiger partial charge on any atom is 0.325 e. The molecule has 0 aliphatic carbocycles. The molecule has 5 nitrogen and oxygen atoms in total. The molecule has 0 N–H and O–H groups in total. The van der Waals surface area contributed by atoms with E-state index in [1.807, 2.05) is 40.1 Å². The summed E-state index contributed by atoms with van der Waals surface area (Å²) in [5.41, 5.74) is 1.01. The van der Waals surface area contributed by atoms with Gasteiger partial charge in [-0.25, -0.2) is 4.79 Å². The van der Waals surface area contributed by atoms with E-state index in [0.717, 1.165) is 51.5 Å². The molecular formula is C18H27N3O2. The topological polar surface area (TPSA) is 36.0 Å². The molecule has 0 saturated carbocycles. The van der Waals surface area contributed by atoms with Crippen LogP contribution in [0.3, 0.4) is 0 Å². The molecule has 0 aromatic heterocycles. The summed E-state index contributed by atoms with van der Waals surface area (Å²) in [5.74, 6) is 0. The lowest BCUT2D eigenvalue weighted by molar-refractivity contribution is 0.0366. The predicted octanol–water partition coefficient (Wildman–Crippen LogP) is 2.43. The summed E-state index contributed by atoms with van der Waals surface area (Å²) in [7, 11) is 0. The van der Waals surface area contributed by atoms with Crippen molar-refractivity contribution in [3.63, 3.8) is 0 Å². The zero-order chi connectivity index (χ0) is 16.2. The van der Waals surface area contributed by atoms with Crippen molar-refractivity contribution in [3.8, 4) is 0 Å². The number of carbonyl (C=O) groups is 1. The zero-order valence-corrected chi connectivity index (χ0v) is 14.1. The normalized spacial score (nSPS) is 23.1. The Bertz CT molecular complexity index is 514. The summed E-state index contributed by atoms with van der Waals surface area (Å²) in [5, 5.41) is 0. The van der Waals surface area contributed by atoms with Gasteiger partial charge in [-0.2, -0.15) is 0 Å². The molecule has 2 aliphatic rings. The molecular weight excluding hydrogens is 290 g/mol. The first kappa shape index (κ1) is 16.3. The molecule has 2 fully saturated rings. The maximum absolute atomic E-state index is 12.8. The molecule has 1 atom stereocenters. The first-order valence-electron chi connectivity index (χ1n) is 8.62. The smallest absolute Gasteiger partial charge is 0.325 e. The van der Waals surface area contributed by atoms with Gasteiger partial charge < -0.3 is 9.64 Å². The monoisotopic (exact) mass is 317 g/mol. The van der Waals surface area contributed by atoms with Crippen LogP contribution in [0, 0.1) is 0 Å². The summed E-state index contributed by atoms with van der Waals surface area (Å²) in [6, 6.07) is 10.7. The third kappa shape index (κ3) is 3.67. The SMILES string of the molecule is CC(C)N1CC(CCN2CCOCC2)N(c2ccccc2)C1=O. The van der Waals surface area contributed by atoms with Crippen molar-refractivity contribution in [2.45, 2.75) is 32.4 Å². The fraction of sp³-hybridized carbons (Fsp3) is 0.611. The summed E-state index contributed by atoms with van der Waals surface area (Å²) in [6.07, 6.45) is 1.00. The minimum absolute atomic E-state index is 0.137. The van der Waals surface area contributed by atoms with Gasteiger partial charge in [-0.15, -0.1) is 0 Å². The Morgan fingerprint density at radius 1 is 1.17 bits per heavy atom. The number of ether oxygens (including phenoxy) is 1. The molecule has 1 unspecified atom stereocenters. The quantitative estimate of drug-likeness (QED) is 0.837. The van der Waals surface area contributed by atoms with Crippen molar-refractivity contribution in [1.82, 2.24) is 9.80 Å². The van der Waals surface area contributed by atoms with Crippen LogP contribution >= 0.6 is 0 Å². The molecule has 1 aromatic rings. The predicted molar refractivity (Wildman–Crippen MR) is 91.8 cm³/mol. The van der Waals surface area contributed by atoms with Crippen molar-refractivity contribution in [2.24, 2.45) is 0 Å². The number of morpholine rings is 1. The van der Waals surface area contributed by atoms with Gasteiger partial charge in [-0.1, -0.05) is 18.2 Å². The molecule has 2 aliphatic heterocycles. The molecule has 0 radical (unpaired) electrons. The third-order valence-corrected chi connectivity index (χ3v) is 4.76. The van der Waals surface area contributed by atoms with Gasteiger partial charge in [0.25, 0.3) is 0 Å². The lowest BCUT2D eigenvalue weighted by Crippen LogP contribution is -2.41. The van der Waals surface area contributed by atoms with Gasteiger partial charge in [-0.05, 0) is 32.4 Å². The highest BCUT2D eigenvalue weighted by Crippen LogP contribution is 2.27. The van der Waals surface area contributed by atoms with E-state index in [9.17, 15) is 4.79 Å². The first-order chi connectivity index (χ1) is 11.2. The largest absolute Gasteiger partial charge is 0.379 e. The lowest BCUT2D eigenvalue weighted by atomic mass is 10.1. The highest BCUT2D eigenvalue weighted by molar-refractivity contribution is 5.95. The van der Waals surface area contributed by atoms with Crippen LogP contribution in [0.1, 0.15) is 20.3 Å². The minimum Gasteiger partial charge on any atom is -0.379 e. The average Bonchev–Trinajstić information content (AvgIpc) is 2.91. The van der Waals surface area contributed by atoms with Crippen LogP contribution in [-0.2, 0) is 4.74 Å². The highest BCUT2D eigenvalue weighted by atomic mass is 16.5. The summed E-state index contributed by atoms with van der Waals surface area (Å²) < 4.78 is 5.41. The van der Waals surface area contributed by atoms with Gasteiger partial charge in [0.15, 0.2) is 0 Å². The van der Waals surface area contributed by atoms with E-state index in [2.05, 4.69) is 18.7 Å². The number of para-hydroxylation sites is 1. The number of urea groups is 1. The van der Waals surface area contributed by atoms with Crippen molar-refractivity contribution < 1.29 is 9.53 Å². The number of rotatable bonds is 5. The van der Waals surface area contributed by atoms with E-state index in [1.54, 1.807) is 0 Å². The van der Waals surface area contributed by atoms with Gasteiger partial charge in [0, 0.05) is 37.9 Å². The number of anilines is 1. The second kappa shape index (κ2) is 7.32. The van der Waals surface area contributed by atoms with Crippen LogP contribution in [0.15, 0.2) is 30.3 Å². The summed E-state index contributed by atoms with van der Waals surface area (Å²) in [4.78, 5) is 19.2. The first-order valence-corrected chi connectivity index (χ1v) is 8.62. The Balaban J connectivity index is 1.71. The van der Waals surface area contributed by atoms with Gasteiger partial charge in [0.1, 0.15) is 0 Å². The summed E-state index contributed by atoms with van der Waals surface area (Å²) in [6.45, 7) is 9.66. The minimum atomic E-state index is 0.137. The Morgan fingerprint density at radius 2 is 1.87 bits per heavy atom. The number of carbonyl (C=O) groups excluding carboxylic acids is 1. The molecule has 126 valence electrons. The van der Waals surface area contributed by atoms with Crippen molar-refractivity contribution in [1.29, 1.82) is 0 Å². The van der Waals surface area contributed by atoms with E-state index in [-0.39, 0.29) is 18.1 Å². The second-order valence-corrected chi connectivity index (χ2v) is 6.63. The van der Waals surface area contributed by atoms with Crippen LogP contribution in [0.5, 0.6) is 0 Å². The second-order valence-electron chi connectivity index (χ2n) is 6.63. The third-order valence-electron chi connectivity index (χ3n) is 4.76. The zero-order valence-electron chi connectivity index (χ0n) is 14.1. The number of amides is 2. The van der Waals surface area contributed by atoms with Crippen LogP contribution < -0.4 is 4.90 Å². The van der Waals surface area contributed by atoms with Crippen molar-refractivity contribution in [2.75, 3.05) is 44.3 Å². The van der Waals surface area contributed by atoms with Crippen LogP contribution in [-0.4, -0.2) is 67.3 Å². The highest BCUT2D eigenvalue weighted by Gasteiger charge is 2.39. The summed E-state index contributed by atoms with van der Waals surface area (Å²) >= 11 is 0. The Hall–Kier alpha value is -1.59. The lowest BCUT2D eigenvalue weighted by Gasteiger charge is -2.29. The van der Waals surface area contributed by atoms with Gasteiger partial charge >= 0.3 is 6.03 Å². The molecule has 0 spiro atoms. The van der Waals surface area contributed by atoms with Crippen LogP contribution in [0.4, 0.5) is 10.5 Å². The molecule has 5 heteroatoms. The number of hydrogen-bond donors (Lipinski definition) is 0. The molecule has 0 bridgehead atoms. The molecule has 2 saturated heterocycles. The Kier molecular flexibility index (Phi) is 5.18. The number of nitrogens with zero attached hydrogens (tertiary/aromatic N) is 3. The van der Waals surface area contributed by atoms with Crippen molar-refractivity contribution >= 4 is 11.7 Å². The molecule has 23 heavy (non-hydrogen) atoms. The maximum atomic E-state index is 12.8. The molecule has 1 aromatic carbocycles. The fourth-order valence-electron chi connectivity index (χ4n) is 3.40. The van der Waals surface area contributed by atoms with E-state index in [1.165, 1.54) is 0 Å². The van der Waals surface area contributed by atoms with Gasteiger partial charge in [0.05, 0.1) is 19.3 Å². The standard InChI is InChI=1S/C18H27N3O2/c1-15(2)20-14-17(8-9-19-10-12-23-13-11-19)21(18(20)22)16-6-4-3-5-7-16/h3-7,15,17H,8-14H2,1-2H3. The van der Waals surface area contributed by atoms with Crippen molar-refractivity contribution in [3.05, 3.63) is 30.3 Å². The average molecular weight is 317 g/mol.